The molecule has 0 N–H and O–H groups in total. The van der Waals surface area contributed by atoms with Gasteiger partial charge in [0.25, 0.3) is 0 Å². The molecule has 74 valence electrons. The van der Waals surface area contributed by atoms with E-state index in [4.69, 9.17) is 9.15 Å². The van der Waals surface area contributed by atoms with Crippen LogP contribution in [-0.4, -0.2) is 6.10 Å². The SMILES string of the molecule is CCC(C)Oc1ccc2ccoc2c1. The summed E-state index contributed by atoms with van der Waals surface area (Å²) in [6.07, 6.45) is 2.95. The van der Waals surface area contributed by atoms with E-state index in [0.717, 1.165) is 23.1 Å². The molecule has 0 radical (unpaired) electrons. The quantitative estimate of drug-likeness (QED) is 0.737. The van der Waals surface area contributed by atoms with Gasteiger partial charge in [0.1, 0.15) is 11.3 Å². The Bertz CT molecular complexity index is 417. The predicted octanol–water partition coefficient (Wildman–Crippen LogP) is 3.61. The highest BCUT2D eigenvalue weighted by Gasteiger charge is 2.03. The van der Waals surface area contributed by atoms with Crippen molar-refractivity contribution in [2.24, 2.45) is 0 Å². The van der Waals surface area contributed by atoms with Crippen LogP contribution in [0.3, 0.4) is 0 Å². The van der Waals surface area contributed by atoms with Crippen molar-refractivity contribution in [3.8, 4) is 5.75 Å². The number of furan rings is 1. The summed E-state index contributed by atoms with van der Waals surface area (Å²) in [5, 5.41) is 1.11. The summed E-state index contributed by atoms with van der Waals surface area (Å²) in [6, 6.07) is 7.87. The van der Waals surface area contributed by atoms with Crippen molar-refractivity contribution in [3.63, 3.8) is 0 Å². The van der Waals surface area contributed by atoms with Gasteiger partial charge in [-0.2, -0.15) is 0 Å². The lowest BCUT2D eigenvalue weighted by molar-refractivity contribution is 0.217. The van der Waals surface area contributed by atoms with Crippen LogP contribution >= 0.6 is 0 Å². The fourth-order valence-electron chi connectivity index (χ4n) is 1.32. The third-order valence-corrected chi connectivity index (χ3v) is 2.34. The minimum Gasteiger partial charge on any atom is -0.491 e. The Kier molecular flexibility index (Phi) is 2.44. The van der Waals surface area contributed by atoms with E-state index in [0.29, 0.717) is 0 Å². The van der Waals surface area contributed by atoms with Crippen molar-refractivity contribution < 1.29 is 9.15 Å². The van der Waals surface area contributed by atoms with Crippen molar-refractivity contribution in [2.45, 2.75) is 26.4 Å². The van der Waals surface area contributed by atoms with E-state index >= 15 is 0 Å². The molecule has 0 saturated carbocycles. The molecular formula is C12H14O2. The number of rotatable bonds is 3. The van der Waals surface area contributed by atoms with Gasteiger partial charge in [0.15, 0.2) is 0 Å². The molecule has 0 saturated heterocycles. The van der Waals surface area contributed by atoms with Crippen LogP contribution in [0.1, 0.15) is 20.3 Å². The number of fused-ring (bicyclic) bond motifs is 1. The van der Waals surface area contributed by atoms with E-state index in [9.17, 15) is 0 Å². The lowest BCUT2D eigenvalue weighted by atomic mass is 10.2. The molecule has 1 aromatic heterocycles. The van der Waals surface area contributed by atoms with Gasteiger partial charge in [-0.3, -0.25) is 0 Å². The molecular weight excluding hydrogens is 176 g/mol. The average Bonchev–Trinajstić information content (AvgIpc) is 2.64. The highest BCUT2D eigenvalue weighted by Crippen LogP contribution is 2.22. The zero-order valence-corrected chi connectivity index (χ0v) is 8.49. The summed E-state index contributed by atoms with van der Waals surface area (Å²) in [7, 11) is 0. The van der Waals surface area contributed by atoms with Crippen LogP contribution in [0.15, 0.2) is 34.9 Å². The first-order chi connectivity index (χ1) is 6.79. The summed E-state index contributed by atoms with van der Waals surface area (Å²) in [4.78, 5) is 0. The summed E-state index contributed by atoms with van der Waals surface area (Å²) in [6.45, 7) is 4.17. The largest absolute Gasteiger partial charge is 0.491 e. The van der Waals surface area contributed by atoms with Gasteiger partial charge < -0.3 is 9.15 Å². The average molecular weight is 190 g/mol. The minimum atomic E-state index is 0.252. The number of ether oxygens (including phenoxy) is 1. The lowest BCUT2D eigenvalue weighted by Crippen LogP contribution is -2.09. The normalized spacial score (nSPS) is 13.0. The zero-order chi connectivity index (χ0) is 9.97. The summed E-state index contributed by atoms with van der Waals surface area (Å²) >= 11 is 0. The molecule has 2 nitrogen and oxygen atoms in total. The van der Waals surface area contributed by atoms with E-state index in [1.54, 1.807) is 6.26 Å². The van der Waals surface area contributed by atoms with Crippen LogP contribution in [0.5, 0.6) is 5.75 Å². The second-order valence-corrected chi connectivity index (χ2v) is 3.46. The van der Waals surface area contributed by atoms with Crippen molar-refractivity contribution in [2.75, 3.05) is 0 Å². The van der Waals surface area contributed by atoms with Crippen LogP contribution in [0.2, 0.25) is 0 Å². The van der Waals surface area contributed by atoms with Gasteiger partial charge in [0.05, 0.1) is 12.4 Å². The van der Waals surface area contributed by atoms with Gasteiger partial charge in [0.2, 0.25) is 0 Å². The zero-order valence-electron chi connectivity index (χ0n) is 8.49. The van der Waals surface area contributed by atoms with Crippen molar-refractivity contribution >= 4 is 11.0 Å². The third kappa shape index (κ3) is 1.74. The summed E-state index contributed by atoms with van der Waals surface area (Å²) in [5.41, 5.74) is 0.880. The van der Waals surface area contributed by atoms with Crippen molar-refractivity contribution in [1.29, 1.82) is 0 Å². The van der Waals surface area contributed by atoms with Crippen LogP contribution in [0.25, 0.3) is 11.0 Å². The molecule has 2 heteroatoms. The maximum absolute atomic E-state index is 5.68. The van der Waals surface area contributed by atoms with Gasteiger partial charge in [0, 0.05) is 11.5 Å². The maximum atomic E-state index is 5.68. The van der Waals surface area contributed by atoms with Gasteiger partial charge in [-0.15, -0.1) is 0 Å². The molecule has 1 heterocycles. The smallest absolute Gasteiger partial charge is 0.137 e. The molecule has 1 aromatic carbocycles. The maximum Gasteiger partial charge on any atom is 0.137 e. The van der Waals surface area contributed by atoms with Crippen LogP contribution in [0.4, 0.5) is 0 Å². The van der Waals surface area contributed by atoms with Crippen LogP contribution in [-0.2, 0) is 0 Å². The molecule has 1 unspecified atom stereocenters. The highest BCUT2D eigenvalue weighted by molar-refractivity contribution is 5.78. The molecule has 0 amide bonds. The second-order valence-electron chi connectivity index (χ2n) is 3.46. The molecule has 2 rings (SSSR count). The Balaban J connectivity index is 2.25. The van der Waals surface area contributed by atoms with Crippen molar-refractivity contribution in [1.82, 2.24) is 0 Å². The topological polar surface area (TPSA) is 22.4 Å². The fourth-order valence-corrected chi connectivity index (χ4v) is 1.32. The fraction of sp³-hybridized carbons (Fsp3) is 0.333. The molecule has 2 aromatic rings. The van der Waals surface area contributed by atoms with E-state index in [1.165, 1.54) is 0 Å². The molecule has 0 bridgehead atoms. The first-order valence-electron chi connectivity index (χ1n) is 4.93. The van der Waals surface area contributed by atoms with E-state index < -0.39 is 0 Å². The first kappa shape index (κ1) is 9.13. The predicted molar refractivity (Wildman–Crippen MR) is 56.6 cm³/mol. The molecule has 0 spiro atoms. The third-order valence-electron chi connectivity index (χ3n) is 2.34. The highest BCUT2D eigenvalue weighted by atomic mass is 16.5. The molecule has 1 atom stereocenters. The van der Waals surface area contributed by atoms with Gasteiger partial charge in [-0.25, -0.2) is 0 Å². The second kappa shape index (κ2) is 3.74. The summed E-state index contributed by atoms with van der Waals surface area (Å²) in [5.74, 6) is 0.877. The minimum absolute atomic E-state index is 0.252. The van der Waals surface area contributed by atoms with Crippen molar-refractivity contribution in [3.05, 3.63) is 30.5 Å². The Hall–Kier alpha value is -1.44. The lowest BCUT2D eigenvalue weighted by Gasteiger charge is -2.11. The monoisotopic (exact) mass is 190 g/mol. The molecule has 0 aliphatic carbocycles. The Morgan fingerprint density at radius 1 is 1.36 bits per heavy atom. The molecule has 0 fully saturated rings. The van der Waals surface area contributed by atoms with Gasteiger partial charge in [-0.1, -0.05) is 6.92 Å². The van der Waals surface area contributed by atoms with Gasteiger partial charge in [-0.05, 0) is 31.5 Å². The van der Waals surface area contributed by atoms with E-state index in [1.807, 2.05) is 24.3 Å². The molecule has 0 aliphatic rings. The molecule has 14 heavy (non-hydrogen) atoms. The number of benzene rings is 1. The Morgan fingerprint density at radius 3 is 3.00 bits per heavy atom. The Labute approximate surface area is 83.5 Å². The van der Waals surface area contributed by atoms with Crippen LogP contribution < -0.4 is 4.74 Å². The van der Waals surface area contributed by atoms with Gasteiger partial charge >= 0.3 is 0 Å². The standard InChI is InChI=1S/C12H14O2/c1-3-9(2)14-11-5-4-10-6-7-13-12(10)8-11/h4-9H,3H2,1-2H3. The van der Waals surface area contributed by atoms with E-state index in [2.05, 4.69) is 13.8 Å². The molecule has 0 aliphatic heterocycles. The summed E-state index contributed by atoms with van der Waals surface area (Å²) < 4.78 is 11.0. The van der Waals surface area contributed by atoms with Crippen LogP contribution in [0, 0.1) is 0 Å². The number of hydrogen-bond donors (Lipinski definition) is 0. The number of hydrogen-bond acceptors (Lipinski definition) is 2. The first-order valence-corrected chi connectivity index (χ1v) is 4.93. The van der Waals surface area contributed by atoms with E-state index in [-0.39, 0.29) is 6.10 Å². The Morgan fingerprint density at radius 2 is 2.21 bits per heavy atom.